The van der Waals surface area contributed by atoms with E-state index in [1.54, 1.807) is 34.0 Å². The number of aliphatic hydroxyl groups is 3. The first-order valence-electron chi connectivity index (χ1n) is 24.7. The fraction of sp³-hybridized carbons (Fsp3) is 0.739. The summed E-state index contributed by atoms with van der Waals surface area (Å²) in [6.45, 7) is 9.18. The van der Waals surface area contributed by atoms with Crippen molar-refractivity contribution in [3.05, 3.63) is 0 Å². The van der Waals surface area contributed by atoms with Gasteiger partial charge in [0.05, 0.1) is 31.8 Å². The van der Waals surface area contributed by atoms with Crippen LogP contribution in [-0.2, 0) is 57.5 Å². The number of amides is 11. The van der Waals surface area contributed by atoms with Crippen molar-refractivity contribution in [2.24, 2.45) is 35.0 Å². The van der Waals surface area contributed by atoms with Crippen molar-refractivity contribution in [1.29, 1.82) is 0 Å². The van der Waals surface area contributed by atoms with Gasteiger partial charge in [-0.25, -0.2) is 4.79 Å². The van der Waals surface area contributed by atoms with Gasteiger partial charge in [-0.1, -0.05) is 48.0 Å². The van der Waals surface area contributed by atoms with Crippen LogP contribution in [0.15, 0.2) is 0 Å². The van der Waals surface area contributed by atoms with Crippen molar-refractivity contribution in [2.75, 3.05) is 31.8 Å². The Kier molecular flexibility index (Phi) is 29.4. The molecule has 75 heavy (non-hydrogen) atoms. The van der Waals surface area contributed by atoms with E-state index >= 15 is 0 Å². The predicted octanol–water partition coefficient (Wildman–Crippen LogP) is -5.72. The fourth-order valence-corrected chi connectivity index (χ4v) is 8.16. The SMILES string of the molecule is CC[C@H](C)[C@H](NC(=O)[C@@H]1CCCN1C(=O)[C@H](CCSC)NC(=O)[C@H](CCC(N)=O)NC(=O)[C@@H](NC(=O)[C@@H](NC(=O)[C@H](CO)NC(=O)[C@H](CC(N)=O)NC(=O)[C@@H](N)CC(C)C)[C@@H](C)O)C(C)C)C(=O)N[C@@H](CO)C(=O)O. The van der Waals surface area contributed by atoms with Crippen molar-refractivity contribution in [3.8, 4) is 0 Å². The van der Waals surface area contributed by atoms with E-state index in [2.05, 4.69) is 42.5 Å². The van der Waals surface area contributed by atoms with Crippen LogP contribution in [0.3, 0.4) is 0 Å². The van der Waals surface area contributed by atoms with E-state index in [0.29, 0.717) is 18.6 Å². The number of rotatable bonds is 34. The normalized spacial score (nSPS) is 17.7. The minimum atomic E-state index is -1.85. The molecule has 11 amide bonds. The van der Waals surface area contributed by atoms with E-state index < -0.39 is 182 Å². The van der Waals surface area contributed by atoms with E-state index in [1.807, 2.05) is 0 Å². The molecule has 0 aliphatic carbocycles. The second-order valence-electron chi connectivity index (χ2n) is 19.2. The molecule has 0 aromatic heterocycles. The third-order valence-corrected chi connectivity index (χ3v) is 12.8. The summed E-state index contributed by atoms with van der Waals surface area (Å²) in [4.78, 5) is 159. The van der Waals surface area contributed by atoms with E-state index in [0.717, 1.165) is 6.92 Å². The molecule has 28 nitrogen and oxygen atoms in total. The van der Waals surface area contributed by atoms with Gasteiger partial charge in [0, 0.05) is 13.0 Å². The number of carbonyl (C=O) groups excluding carboxylic acids is 11. The molecule has 12 atom stereocenters. The van der Waals surface area contributed by atoms with Crippen LogP contribution >= 0.6 is 11.8 Å². The number of nitrogens with one attached hydrogen (secondary N) is 8. The average molecular weight is 1090 g/mol. The molecule has 1 aliphatic rings. The standard InChI is InChI=1S/C46H80N12O16S/c1-9-23(6)35(43(70)54-30(20-60)46(73)74)56-41(68)31-11-10-15-58(31)45(72)27(14-16-75-8)51-38(65)26(12-13-32(48)62)50-42(69)34(22(4)5)55-44(71)36(24(7)61)57-40(67)29(19-59)53-39(66)28(18-33(49)63)52-37(64)25(47)17-21(2)3/h21-31,34-36,59-61H,9-20,47H2,1-8H3,(H2,48,62)(H2,49,63)(H,50,69)(H,51,65)(H,52,64)(H,53,66)(H,54,70)(H,55,71)(H,56,68)(H,57,67)(H,73,74)/t23-,24+,25-,26-,27-,28-,29-,30-,31-,34-,35-,36-/m0/s1. The highest BCUT2D eigenvalue weighted by Crippen LogP contribution is 2.21. The molecule has 1 saturated heterocycles. The lowest BCUT2D eigenvalue weighted by Crippen LogP contribution is -2.63. The molecule has 0 aromatic carbocycles. The lowest BCUT2D eigenvalue weighted by Gasteiger charge is -2.32. The molecule has 1 rings (SSSR count). The number of hydrogen-bond acceptors (Lipinski definition) is 17. The monoisotopic (exact) mass is 1090 g/mol. The maximum Gasteiger partial charge on any atom is 0.328 e. The summed E-state index contributed by atoms with van der Waals surface area (Å²) in [5.41, 5.74) is 16.6. The summed E-state index contributed by atoms with van der Waals surface area (Å²) in [6.07, 6.45) is -0.351. The number of likely N-dealkylation sites (tertiary alicyclic amines) is 1. The minimum Gasteiger partial charge on any atom is -0.480 e. The van der Waals surface area contributed by atoms with E-state index in [1.165, 1.54) is 30.5 Å². The average Bonchev–Trinajstić information content (AvgIpc) is 3.83. The molecule has 0 radical (unpaired) electrons. The zero-order valence-electron chi connectivity index (χ0n) is 43.8. The van der Waals surface area contributed by atoms with Crippen LogP contribution in [-0.4, -0.2) is 195 Å². The summed E-state index contributed by atoms with van der Waals surface area (Å²) >= 11 is 1.33. The number of carboxylic acids is 1. The van der Waals surface area contributed by atoms with Gasteiger partial charge < -0.3 is 85.1 Å². The first kappa shape index (κ1) is 66.8. The minimum absolute atomic E-state index is 0.0102. The van der Waals surface area contributed by atoms with Crippen LogP contribution in [0.4, 0.5) is 0 Å². The molecule has 0 aromatic rings. The van der Waals surface area contributed by atoms with Gasteiger partial charge in [-0.15, -0.1) is 0 Å². The van der Waals surface area contributed by atoms with E-state index in [9.17, 15) is 78.0 Å². The number of aliphatic carboxylic acids is 1. The number of carbonyl (C=O) groups is 12. The maximum absolute atomic E-state index is 14.3. The number of nitrogens with zero attached hydrogens (tertiary/aromatic N) is 1. The number of hydrogen-bond donors (Lipinski definition) is 15. The van der Waals surface area contributed by atoms with Crippen molar-refractivity contribution in [3.63, 3.8) is 0 Å². The maximum atomic E-state index is 14.3. The van der Waals surface area contributed by atoms with Gasteiger partial charge in [-0.05, 0) is 68.8 Å². The number of carboxylic acid groups (broad SMARTS) is 1. The Labute approximate surface area is 440 Å². The van der Waals surface area contributed by atoms with Crippen molar-refractivity contribution >= 4 is 82.7 Å². The van der Waals surface area contributed by atoms with Crippen LogP contribution in [0.1, 0.15) is 99.8 Å². The summed E-state index contributed by atoms with van der Waals surface area (Å²) in [7, 11) is 0. The molecule has 1 heterocycles. The third kappa shape index (κ3) is 22.3. The highest BCUT2D eigenvalue weighted by molar-refractivity contribution is 7.98. The fourth-order valence-electron chi connectivity index (χ4n) is 7.69. The lowest BCUT2D eigenvalue weighted by atomic mass is 9.97. The topological polar surface area (TPSA) is 463 Å². The Morgan fingerprint density at radius 1 is 0.627 bits per heavy atom. The molecule has 0 bridgehead atoms. The highest BCUT2D eigenvalue weighted by Gasteiger charge is 2.41. The third-order valence-electron chi connectivity index (χ3n) is 12.2. The van der Waals surface area contributed by atoms with E-state index in [4.69, 9.17) is 17.2 Å². The lowest BCUT2D eigenvalue weighted by molar-refractivity contribution is -0.144. The first-order chi connectivity index (χ1) is 35.0. The molecular weight excluding hydrogens is 1010 g/mol. The quantitative estimate of drug-likeness (QED) is 0.0286. The number of aliphatic hydroxyl groups excluding tert-OH is 3. The van der Waals surface area contributed by atoms with Gasteiger partial charge in [-0.3, -0.25) is 52.7 Å². The van der Waals surface area contributed by atoms with Crippen LogP contribution in [0.25, 0.3) is 0 Å². The number of nitrogens with two attached hydrogens (primary N) is 3. The molecular formula is C46H80N12O16S. The van der Waals surface area contributed by atoms with Gasteiger partial charge in [0.15, 0.2) is 0 Å². The molecule has 0 unspecified atom stereocenters. The van der Waals surface area contributed by atoms with E-state index in [-0.39, 0.29) is 31.7 Å². The second kappa shape index (κ2) is 33.0. The van der Waals surface area contributed by atoms with Gasteiger partial charge in [-0.2, -0.15) is 11.8 Å². The molecule has 1 fully saturated rings. The van der Waals surface area contributed by atoms with Crippen LogP contribution in [0.2, 0.25) is 0 Å². The van der Waals surface area contributed by atoms with Crippen molar-refractivity contribution in [1.82, 2.24) is 47.4 Å². The summed E-state index contributed by atoms with van der Waals surface area (Å²) in [6, 6.07) is -14.8. The Balaban J connectivity index is 3.37. The van der Waals surface area contributed by atoms with Gasteiger partial charge >= 0.3 is 5.97 Å². The smallest absolute Gasteiger partial charge is 0.328 e. The molecule has 426 valence electrons. The second-order valence-corrected chi connectivity index (χ2v) is 20.2. The predicted molar refractivity (Wildman–Crippen MR) is 271 cm³/mol. The zero-order chi connectivity index (χ0) is 57.4. The molecule has 29 heteroatoms. The van der Waals surface area contributed by atoms with Crippen molar-refractivity contribution in [2.45, 2.75) is 166 Å². The van der Waals surface area contributed by atoms with Crippen LogP contribution in [0, 0.1) is 17.8 Å². The highest BCUT2D eigenvalue weighted by atomic mass is 32.2. The zero-order valence-corrected chi connectivity index (χ0v) is 44.7. The number of primary amides is 2. The molecule has 0 saturated carbocycles. The Bertz CT molecular complexity index is 2010. The summed E-state index contributed by atoms with van der Waals surface area (Å²) < 4.78 is 0. The number of thioether (sulfide) groups is 1. The Hall–Kier alpha value is -6.17. The Morgan fingerprint density at radius 2 is 1.13 bits per heavy atom. The van der Waals surface area contributed by atoms with Gasteiger partial charge in [0.1, 0.15) is 54.4 Å². The molecule has 0 spiro atoms. The van der Waals surface area contributed by atoms with Gasteiger partial charge in [0.25, 0.3) is 0 Å². The summed E-state index contributed by atoms with van der Waals surface area (Å²) in [5.74, 6) is -12.9. The first-order valence-corrected chi connectivity index (χ1v) is 26.1. The van der Waals surface area contributed by atoms with Crippen molar-refractivity contribution < 1.29 is 78.0 Å². The van der Waals surface area contributed by atoms with Crippen LogP contribution < -0.4 is 59.7 Å². The van der Waals surface area contributed by atoms with Gasteiger partial charge in [0.2, 0.25) is 65.0 Å². The molecule has 1 aliphatic heterocycles. The largest absolute Gasteiger partial charge is 0.480 e. The summed E-state index contributed by atoms with van der Waals surface area (Å²) in [5, 5.41) is 58.5. The Morgan fingerprint density at radius 3 is 1.64 bits per heavy atom. The van der Waals surface area contributed by atoms with Crippen LogP contribution in [0.5, 0.6) is 0 Å². The molecule has 18 N–H and O–H groups in total.